The first-order valence-corrected chi connectivity index (χ1v) is 10.1. The number of halogens is 1. The van der Waals surface area contributed by atoms with Crippen molar-refractivity contribution < 1.29 is 9.53 Å². The third-order valence-electron chi connectivity index (χ3n) is 5.05. The van der Waals surface area contributed by atoms with Gasteiger partial charge in [0, 0.05) is 32.1 Å². The topological polar surface area (TPSA) is 69.2 Å². The Labute approximate surface area is 192 Å². The third-order valence-corrected chi connectivity index (χ3v) is 5.05. The quantitative estimate of drug-likeness (QED) is 0.315. The summed E-state index contributed by atoms with van der Waals surface area (Å²) in [5.41, 5.74) is 1.17. The molecule has 1 aliphatic rings. The van der Waals surface area contributed by atoms with Crippen LogP contribution in [0.25, 0.3) is 0 Å². The minimum atomic E-state index is 0. The molecule has 0 aromatic heterocycles. The molecule has 0 spiro atoms. The lowest BCUT2D eigenvalue weighted by Gasteiger charge is -2.24. The smallest absolute Gasteiger partial charge is 0.222 e. The van der Waals surface area contributed by atoms with Gasteiger partial charge in [0.25, 0.3) is 0 Å². The normalized spacial score (nSPS) is 17.7. The van der Waals surface area contributed by atoms with Crippen LogP contribution in [-0.2, 0) is 4.79 Å². The van der Waals surface area contributed by atoms with Crippen molar-refractivity contribution in [2.24, 2.45) is 4.99 Å². The van der Waals surface area contributed by atoms with E-state index in [1.54, 1.807) is 7.11 Å². The van der Waals surface area contributed by atoms with E-state index in [0.717, 1.165) is 37.8 Å². The summed E-state index contributed by atoms with van der Waals surface area (Å²) in [6, 6.07) is 8.51. The molecule has 0 saturated carbocycles. The van der Waals surface area contributed by atoms with E-state index in [1.165, 1.54) is 5.56 Å². The molecule has 1 saturated heterocycles. The largest absolute Gasteiger partial charge is 0.497 e. The van der Waals surface area contributed by atoms with Crippen molar-refractivity contribution in [2.45, 2.75) is 38.8 Å². The number of hydrogen-bond acceptors (Lipinski definition) is 4. The van der Waals surface area contributed by atoms with Gasteiger partial charge >= 0.3 is 0 Å². The van der Waals surface area contributed by atoms with Crippen molar-refractivity contribution >= 4 is 35.8 Å². The Morgan fingerprint density at radius 1 is 1.38 bits per heavy atom. The molecule has 1 aliphatic heterocycles. The number of likely N-dealkylation sites (tertiary alicyclic amines) is 1. The first kappa shape index (κ1) is 25.5. The van der Waals surface area contributed by atoms with Crippen LogP contribution in [0.3, 0.4) is 0 Å². The lowest BCUT2D eigenvalue weighted by molar-refractivity contribution is -0.129. The Morgan fingerprint density at radius 3 is 2.76 bits per heavy atom. The highest BCUT2D eigenvalue weighted by Gasteiger charge is 2.26. The van der Waals surface area contributed by atoms with E-state index in [0.29, 0.717) is 13.0 Å². The number of hydrogen-bond donors (Lipinski definition) is 2. The van der Waals surface area contributed by atoms with Crippen LogP contribution in [0.2, 0.25) is 0 Å². The molecule has 8 heteroatoms. The Kier molecular flexibility index (Phi) is 11.3. The van der Waals surface area contributed by atoms with Crippen LogP contribution < -0.4 is 15.4 Å². The molecule has 164 valence electrons. The van der Waals surface area contributed by atoms with Crippen LogP contribution in [0.4, 0.5) is 0 Å². The van der Waals surface area contributed by atoms with Gasteiger partial charge < -0.3 is 25.2 Å². The molecule has 0 bridgehead atoms. The van der Waals surface area contributed by atoms with Crippen molar-refractivity contribution in [1.82, 2.24) is 20.4 Å². The molecule has 1 aromatic carbocycles. The molecule has 0 radical (unpaired) electrons. The van der Waals surface area contributed by atoms with Gasteiger partial charge in [0.15, 0.2) is 5.96 Å². The van der Waals surface area contributed by atoms with Crippen LogP contribution in [-0.4, -0.2) is 75.1 Å². The molecule has 2 unspecified atom stereocenters. The van der Waals surface area contributed by atoms with Gasteiger partial charge in [-0.1, -0.05) is 19.1 Å². The summed E-state index contributed by atoms with van der Waals surface area (Å²) >= 11 is 0. The number of carbonyl (C=O) groups is 1. The van der Waals surface area contributed by atoms with E-state index in [1.807, 2.05) is 24.0 Å². The number of likely N-dealkylation sites (N-methyl/N-ethyl adjacent to an activating group) is 1. The number of carbonyl (C=O) groups excluding carboxylic acids is 1. The summed E-state index contributed by atoms with van der Waals surface area (Å²) in [7, 11) is 5.81. The fraction of sp³-hybridized carbons (Fsp3) is 0.619. The Balaban J connectivity index is 0.00000420. The van der Waals surface area contributed by atoms with E-state index in [9.17, 15) is 4.79 Å². The number of rotatable bonds is 8. The second kappa shape index (κ2) is 12.9. The highest BCUT2D eigenvalue weighted by Crippen LogP contribution is 2.23. The van der Waals surface area contributed by atoms with Crippen LogP contribution in [0.5, 0.6) is 5.75 Å². The first-order chi connectivity index (χ1) is 13.5. The maximum Gasteiger partial charge on any atom is 0.222 e. The zero-order valence-electron chi connectivity index (χ0n) is 18.3. The standard InChI is InChI=1S/C21H35N5O2.HI/c1-6-20(27)26-12-11-17(15-26)24-21(22-7-2)23-14-19(25(3)4)16-9-8-10-18(13-16)28-5;/h8-10,13,17,19H,6-7,11-12,14-15H2,1-5H3,(H2,22,23,24);1H. The summed E-state index contributed by atoms with van der Waals surface area (Å²) < 4.78 is 5.36. The molecule has 1 aromatic rings. The Bertz CT molecular complexity index is 668. The molecule has 2 atom stereocenters. The van der Waals surface area contributed by atoms with Crippen LogP contribution in [0.1, 0.15) is 38.3 Å². The van der Waals surface area contributed by atoms with Gasteiger partial charge in [-0.3, -0.25) is 9.79 Å². The average Bonchev–Trinajstić information content (AvgIpc) is 3.16. The number of nitrogens with zero attached hydrogens (tertiary/aromatic N) is 3. The number of amides is 1. The predicted molar refractivity (Wildman–Crippen MR) is 129 cm³/mol. The fourth-order valence-corrected chi connectivity index (χ4v) is 3.43. The summed E-state index contributed by atoms with van der Waals surface area (Å²) in [5.74, 6) is 1.87. The van der Waals surface area contributed by atoms with Crippen molar-refractivity contribution in [3.05, 3.63) is 29.8 Å². The number of guanidine groups is 1. The zero-order chi connectivity index (χ0) is 20.5. The van der Waals surface area contributed by atoms with E-state index in [-0.39, 0.29) is 42.0 Å². The minimum Gasteiger partial charge on any atom is -0.497 e. The highest BCUT2D eigenvalue weighted by atomic mass is 127. The average molecular weight is 517 g/mol. The molecule has 29 heavy (non-hydrogen) atoms. The van der Waals surface area contributed by atoms with Crippen molar-refractivity contribution in [1.29, 1.82) is 0 Å². The summed E-state index contributed by atoms with van der Waals surface area (Å²) in [6.45, 7) is 6.94. The van der Waals surface area contributed by atoms with Crippen LogP contribution in [0.15, 0.2) is 29.3 Å². The predicted octanol–water partition coefficient (Wildman–Crippen LogP) is 2.48. The molecule has 2 N–H and O–H groups in total. The first-order valence-electron chi connectivity index (χ1n) is 10.1. The number of methoxy groups -OCH3 is 1. The number of aliphatic imine (C=N–C) groups is 1. The lowest BCUT2D eigenvalue weighted by atomic mass is 10.1. The van der Waals surface area contributed by atoms with Gasteiger partial charge in [0.1, 0.15) is 5.75 Å². The van der Waals surface area contributed by atoms with Gasteiger partial charge in [-0.25, -0.2) is 0 Å². The molecule has 7 nitrogen and oxygen atoms in total. The highest BCUT2D eigenvalue weighted by molar-refractivity contribution is 14.0. The molecular formula is C21H36IN5O2. The van der Waals surface area contributed by atoms with Gasteiger partial charge in [0.2, 0.25) is 5.91 Å². The number of benzene rings is 1. The minimum absolute atomic E-state index is 0. The second-order valence-electron chi connectivity index (χ2n) is 7.30. The molecular weight excluding hydrogens is 481 g/mol. The fourth-order valence-electron chi connectivity index (χ4n) is 3.43. The van der Waals surface area contributed by atoms with E-state index in [2.05, 4.69) is 48.7 Å². The summed E-state index contributed by atoms with van der Waals surface area (Å²) in [5, 5.41) is 6.82. The van der Waals surface area contributed by atoms with Crippen molar-refractivity contribution in [3.8, 4) is 5.75 Å². The number of ether oxygens (including phenoxy) is 1. The maximum absolute atomic E-state index is 11.9. The third kappa shape index (κ3) is 7.65. The van der Waals surface area contributed by atoms with Gasteiger partial charge in [-0.05, 0) is 45.1 Å². The monoisotopic (exact) mass is 517 g/mol. The second-order valence-corrected chi connectivity index (χ2v) is 7.30. The van der Waals surface area contributed by atoms with Crippen LogP contribution in [0, 0.1) is 0 Å². The van der Waals surface area contributed by atoms with Crippen LogP contribution >= 0.6 is 24.0 Å². The van der Waals surface area contributed by atoms with Crippen molar-refractivity contribution in [2.75, 3.05) is 47.4 Å². The molecule has 1 amide bonds. The van der Waals surface area contributed by atoms with Gasteiger partial charge in [0.05, 0.1) is 19.7 Å². The SMILES string of the molecule is CCNC(=NCC(c1cccc(OC)c1)N(C)C)NC1CCN(C(=O)CC)C1.I. The Morgan fingerprint density at radius 2 is 2.14 bits per heavy atom. The zero-order valence-corrected chi connectivity index (χ0v) is 20.6. The van der Waals surface area contributed by atoms with Crippen molar-refractivity contribution in [3.63, 3.8) is 0 Å². The lowest BCUT2D eigenvalue weighted by Crippen LogP contribution is -2.45. The number of nitrogens with one attached hydrogen (secondary N) is 2. The van der Waals surface area contributed by atoms with Gasteiger partial charge in [-0.15, -0.1) is 24.0 Å². The molecule has 1 heterocycles. The van der Waals surface area contributed by atoms with E-state index < -0.39 is 0 Å². The Hall–Kier alpha value is -1.55. The molecule has 0 aliphatic carbocycles. The molecule has 1 fully saturated rings. The van der Waals surface area contributed by atoms with Gasteiger partial charge in [-0.2, -0.15) is 0 Å². The summed E-state index contributed by atoms with van der Waals surface area (Å²) in [4.78, 5) is 20.8. The van der Waals surface area contributed by atoms with E-state index in [4.69, 9.17) is 9.73 Å². The molecule has 2 rings (SSSR count). The summed E-state index contributed by atoms with van der Waals surface area (Å²) in [6.07, 6.45) is 1.51. The van der Waals surface area contributed by atoms with E-state index >= 15 is 0 Å². The maximum atomic E-state index is 11.9.